The molecule has 6 nitrogen and oxygen atoms in total. The lowest BCUT2D eigenvalue weighted by molar-refractivity contribution is -0.392. The smallest absolute Gasteiger partial charge is 0.343 e. The van der Waals surface area contributed by atoms with E-state index < -0.39 is 11.0 Å². The molecule has 1 heterocycles. The van der Waals surface area contributed by atoms with Crippen molar-refractivity contribution < 1.29 is 4.92 Å². The first kappa shape index (κ1) is 8.20. The van der Waals surface area contributed by atoms with Crippen molar-refractivity contribution in [2.24, 2.45) is 0 Å². The van der Waals surface area contributed by atoms with Crippen molar-refractivity contribution >= 4 is 5.82 Å². The summed E-state index contributed by atoms with van der Waals surface area (Å²) < 4.78 is 1.21. The highest BCUT2D eigenvalue weighted by Gasteiger charge is 2.17. The third kappa shape index (κ3) is 1.25. The fourth-order valence-electron chi connectivity index (χ4n) is 0.800. The first-order chi connectivity index (χ1) is 5.66. The molecule has 62 valence electrons. The van der Waals surface area contributed by atoms with Crippen LogP contribution >= 0.6 is 0 Å². The highest BCUT2D eigenvalue weighted by atomic mass is 16.6. The SMILES string of the molecule is CC(C#N)n1cncc1[N+](=O)[O-]. The molecule has 0 saturated heterocycles. The lowest BCUT2D eigenvalue weighted by atomic mass is 10.4. The Morgan fingerprint density at radius 1 is 1.92 bits per heavy atom. The van der Waals surface area contributed by atoms with E-state index in [1.165, 1.54) is 10.9 Å². The normalized spacial score (nSPS) is 12.0. The Morgan fingerprint density at radius 3 is 3.08 bits per heavy atom. The molecule has 0 aliphatic carbocycles. The topological polar surface area (TPSA) is 84.8 Å². The first-order valence-corrected chi connectivity index (χ1v) is 3.22. The molecule has 0 aromatic carbocycles. The molecule has 6 heteroatoms. The van der Waals surface area contributed by atoms with Crippen LogP contribution < -0.4 is 0 Å². The van der Waals surface area contributed by atoms with Crippen LogP contribution in [0.4, 0.5) is 5.82 Å². The van der Waals surface area contributed by atoms with Crippen LogP contribution in [0, 0.1) is 21.4 Å². The predicted molar refractivity (Wildman–Crippen MR) is 39.2 cm³/mol. The van der Waals surface area contributed by atoms with Gasteiger partial charge in [-0.05, 0) is 11.8 Å². The van der Waals surface area contributed by atoms with E-state index in [2.05, 4.69) is 4.98 Å². The number of hydrogen-bond acceptors (Lipinski definition) is 4. The van der Waals surface area contributed by atoms with Crippen molar-refractivity contribution in [1.82, 2.24) is 9.55 Å². The van der Waals surface area contributed by atoms with Gasteiger partial charge >= 0.3 is 5.82 Å². The monoisotopic (exact) mass is 166 g/mol. The summed E-state index contributed by atoms with van der Waals surface area (Å²) in [5.41, 5.74) is 0. The second-order valence-corrected chi connectivity index (χ2v) is 2.22. The fourth-order valence-corrected chi connectivity index (χ4v) is 0.800. The van der Waals surface area contributed by atoms with Crippen LogP contribution in [0.25, 0.3) is 0 Å². The van der Waals surface area contributed by atoms with Gasteiger partial charge in [0.2, 0.25) is 0 Å². The number of nitro groups is 1. The zero-order valence-corrected chi connectivity index (χ0v) is 6.34. The third-order valence-corrected chi connectivity index (χ3v) is 1.44. The summed E-state index contributed by atoms with van der Waals surface area (Å²) >= 11 is 0. The Labute approximate surface area is 68.2 Å². The van der Waals surface area contributed by atoms with E-state index in [1.54, 1.807) is 6.92 Å². The van der Waals surface area contributed by atoms with Crippen molar-refractivity contribution in [1.29, 1.82) is 5.26 Å². The average Bonchev–Trinajstić information content (AvgIpc) is 2.50. The highest BCUT2D eigenvalue weighted by Crippen LogP contribution is 2.15. The highest BCUT2D eigenvalue weighted by molar-refractivity contribution is 5.17. The zero-order valence-electron chi connectivity index (χ0n) is 6.34. The van der Waals surface area contributed by atoms with Crippen LogP contribution in [-0.4, -0.2) is 14.5 Å². The van der Waals surface area contributed by atoms with Crippen molar-refractivity contribution in [2.45, 2.75) is 13.0 Å². The molecular formula is C6H6N4O2. The number of rotatable bonds is 2. The second kappa shape index (κ2) is 3.00. The van der Waals surface area contributed by atoms with Crippen molar-refractivity contribution in [2.75, 3.05) is 0 Å². The third-order valence-electron chi connectivity index (χ3n) is 1.44. The molecule has 1 aromatic heterocycles. The number of hydrogen-bond donors (Lipinski definition) is 0. The summed E-state index contributed by atoms with van der Waals surface area (Å²) in [7, 11) is 0. The van der Waals surface area contributed by atoms with Crippen LogP contribution in [0.15, 0.2) is 12.5 Å². The number of aromatic nitrogens is 2. The van der Waals surface area contributed by atoms with E-state index >= 15 is 0 Å². The van der Waals surface area contributed by atoms with Gasteiger partial charge in [0.05, 0.1) is 0 Å². The quantitative estimate of drug-likeness (QED) is 0.482. The molecule has 1 aromatic rings. The maximum absolute atomic E-state index is 10.3. The summed E-state index contributed by atoms with van der Waals surface area (Å²) in [5, 5.41) is 18.8. The summed E-state index contributed by atoms with van der Waals surface area (Å²) in [5.74, 6) is -0.163. The van der Waals surface area contributed by atoms with Gasteiger partial charge in [-0.25, -0.2) is 4.98 Å². The Morgan fingerprint density at radius 2 is 2.58 bits per heavy atom. The van der Waals surface area contributed by atoms with Crippen LogP contribution in [0.1, 0.15) is 13.0 Å². The lowest BCUT2D eigenvalue weighted by Gasteiger charge is -1.99. The minimum Gasteiger partial charge on any atom is -0.358 e. The Kier molecular flexibility index (Phi) is 2.05. The molecule has 1 rings (SSSR count). The second-order valence-electron chi connectivity index (χ2n) is 2.22. The van der Waals surface area contributed by atoms with Gasteiger partial charge in [0, 0.05) is 0 Å². The molecule has 0 radical (unpaired) electrons. The molecule has 0 fully saturated rings. The van der Waals surface area contributed by atoms with Crippen molar-refractivity contribution in [3.8, 4) is 6.07 Å². The molecule has 0 aliphatic rings. The molecule has 0 saturated carbocycles. The van der Waals surface area contributed by atoms with Gasteiger partial charge < -0.3 is 10.1 Å². The van der Waals surface area contributed by atoms with Crippen LogP contribution in [0.3, 0.4) is 0 Å². The predicted octanol–water partition coefficient (Wildman–Crippen LogP) is 0.876. The minimum absolute atomic E-state index is 0.163. The van der Waals surface area contributed by atoms with Gasteiger partial charge in [-0.3, -0.25) is 0 Å². The first-order valence-electron chi connectivity index (χ1n) is 3.22. The Hall–Kier alpha value is -1.90. The molecule has 0 bridgehead atoms. The van der Waals surface area contributed by atoms with Crippen molar-refractivity contribution in [3.05, 3.63) is 22.6 Å². The van der Waals surface area contributed by atoms with Crippen LogP contribution in [-0.2, 0) is 0 Å². The van der Waals surface area contributed by atoms with Gasteiger partial charge in [-0.2, -0.15) is 9.83 Å². The molecule has 0 amide bonds. The van der Waals surface area contributed by atoms with E-state index in [9.17, 15) is 10.1 Å². The van der Waals surface area contributed by atoms with E-state index in [0.717, 1.165) is 6.20 Å². The van der Waals surface area contributed by atoms with E-state index in [-0.39, 0.29) is 5.82 Å². The van der Waals surface area contributed by atoms with Gasteiger partial charge in [-0.1, -0.05) is 0 Å². The van der Waals surface area contributed by atoms with Gasteiger partial charge in [0.15, 0.2) is 12.4 Å². The average molecular weight is 166 g/mol. The summed E-state index contributed by atoms with van der Waals surface area (Å²) in [6.07, 6.45) is 2.39. The molecule has 0 N–H and O–H groups in total. The molecule has 1 atom stereocenters. The fraction of sp³-hybridized carbons (Fsp3) is 0.333. The number of nitriles is 1. The molecular weight excluding hydrogens is 160 g/mol. The summed E-state index contributed by atoms with van der Waals surface area (Å²) in [6, 6.07) is 1.32. The van der Waals surface area contributed by atoms with Crippen molar-refractivity contribution in [3.63, 3.8) is 0 Å². The summed E-state index contributed by atoms with van der Waals surface area (Å²) in [4.78, 5) is 13.4. The zero-order chi connectivity index (χ0) is 9.14. The van der Waals surface area contributed by atoms with Gasteiger partial charge in [0.1, 0.15) is 12.3 Å². The molecule has 0 spiro atoms. The molecule has 12 heavy (non-hydrogen) atoms. The van der Waals surface area contributed by atoms with E-state index in [0.29, 0.717) is 0 Å². The van der Waals surface area contributed by atoms with Crippen LogP contribution in [0.2, 0.25) is 0 Å². The molecule has 0 aliphatic heterocycles. The van der Waals surface area contributed by atoms with E-state index in [4.69, 9.17) is 5.26 Å². The Balaban J connectivity index is 3.09. The minimum atomic E-state index is -0.569. The number of imidazole rings is 1. The van der Waals surface area contributed by atoms with Gasteiger partial charge in [0.25, 0.3) is 0 Å². The Bertz CT molecular complexity index is 338. The maximum atomic E-state index is 10.3. The standard InChI is InChI=1S/C6H6N4O2/c1-5(2-7)9-4-8-3-6(9)10(11)12/h3-5H,1H3. The largest absolute Gasteiger partial charge is 0.358 e. The van der Waals surface area contributed by atoms with Gasteiger partial charge in [-0.15, -0.1) is 0 Å². The number of nitrogens with zero attached hydrogens (tertiary/aromatic N) is 4. The molecule has 1 unspecified atom stereocenters. The van der Waals surface area contributed by atoms with E-state index in [1.807, 2.05) is 6.07 Å². The lowest BCUT2D eigenvalue weighted by Crippen LogP contribution is -2.04. The summed E-state index contributed by atoms with van der Waals surface area (Å²) in [6.45, 7) is 1.56. The van der Waals surface area contributed by atoms with Crippen LogP contribution in [0.5, 0.6) is 0 Å². The maximum Gasteiger partial charge on any atom is 0.343 e.